The molecule has 0 N–H and O–H groups in total. The normalized spacial score (nSPS) is 10.7. The molecule has 0 saturated carbocycles. The molecular weight excluding hydrogens is 268 g/mol. The molecular formula is C17H13O2S. The molecule has 0 aliphatic carbocycles. The van der Waals surface area contributed by atoms with Gasteiger partial charge in [-0.15, -0.1) is 11.3 Å². The molecule has 2 aromatic carbocycles. The van der Waals surface area contributed by atoms with Crippen LogP contribution in [0.25, 0.3) is 20.5 Å². The zero-order valence-electron chi connectivity index (χ0n) is 11.3. The molecule has 0 aliphatic rings. The van der Waals surface area contributed by atoms with Crippen molar-refractivity contribution in [2.75, 3.05) is 7.11 Å². The molecule has 1 aromatic heterocycles. The van der Waals surface area contributed by atoms with Crippen molar-refractivity contribution in [1.82, 2.24) is 0 Å². The average molecular weight is 281 g/mol. The lowest BCUT2D eigenvalue weighted by Gasteiger charge is -1.98. The van der Waals surface area contributed by atoms with Gasteiger partial charge in [0.1, 0.15) is 0 Å². The fraction of sp³-hybridized carbons (Fsp3) is 0.118. The number of thiophene rings is 1. The van der Waals surface area contributed by atoms with E-state index in [1.54, 1.807) is 17.4 Å². The van der Waals surface area contributed by atoms with Gasteiger partial charge >= 0.3 is 5.97 Å². The molecule has 3 aromatic rings. The van der Waals surface area contributed by atoms with Crippen LogP contribution in [0.4, 0.5) is 0 Å². The molecule has 0 spiro atoms. The Labute approximate surface area is 121 Å². The highest BCUT2D eigenvalue weighted by Gasteiger charge is 2.09. The Morgan fingerprint density at radius 2 is 2.05 bits per heavy atom. The Hall–Kier alpha value is -2.13. The van der Waals surface area contributed by atoms with Gasteiger partial charge in [-0.25, -0.2) is 4.79 Å². The van der Waals surface area contributed by atoms with E-state index in [4.69, 9.17) is 4.74 Å². The third-order valence-corrected chi connectivity index (χ3v) is 4.24. The maximum Gasteiger partial charge on any atom is 0.337 e. The van der Waals surface area contributed by atoms with Crippen LogP contribution < -0.4 is 0 Å². The summed E-state index contributed by atoms with van der Waals surface area (Å²) in [6.07, 6.45) is 0. The Kier molecular flexibility index (Phi) is 3.28. The summed E-state index contributed by atoms with van der Waals surface area (Å²) in [5.41, 5.74) is 2.96. The summed E-state index contributed by atoms with van der Waals surface area (Å²) in [6, 6.07) is 17.3. The van der Waals surface area contributed by atoms with E-state index in [1.807, 2.05) is 18.2 Å². The lowest BCUT2D eigenvalue weighted by molar-refractivity contribution is 0.0601. The number of rotatable bonds is 2. The van der Waals surface area contributed by atoms with Gasteiger partial charge in [-0.2, -0.15) is 0 Å². The van der Waals surface area contributed by atoms with Gasteiger partial charge < -0.3 is 4.74 Å². The predicted molar refractivity (Wildman–Crippen MR) is 82.2 cm³/mol. The molecule has 1 radical (unpaired) electrons. The molecule has 0 fully saturated rings. The largest absolute Gasteiger partial charge is 0.465 e. The second-order valence-electron chi connectivity index (χ2n) is 4.63. The van der Waals surface area contributed by atoms with Crippen LogP contribution in [-0.4, -0.2) is 13.1 Å². The molecule has 0 atom stereocenters. The molecule has 0 unspecified atom stereocenters. The summed E-state index contributed by atoms with van der Waals surface area (Å²) in [4.78, 5) is 12.6. The number of benzene rings is 2. The van der Waals surface area contributed by atoms with Crippen LogP contribution in [0.5, 0.6) is 0 Å². The number of fused-ring (bicyclic) bond motifs is 1. The first-order valence-electron chi connectivity index (χ1n) is 6.28. The first-order chi connectivity index (χ1) is 9.67. The topological polar surface area (TPSA) is 26.3 Å². The number of methoxy groups -OCH3 is 1. The van der Waals surface area contributed by atoms with E-state index in [0.29, 0.717) is 5.56 Å². The standard InChI is InChI=1S/C17H13O2S/c1-11-4-3-5-12(8-11)15-9-13-6-7-14(17(18)19-2)10-16(13)20-15/h3-8,10H,1-2H3. The van der Waals surface area contributed by atoms with Crippen molar-refractivity contribution in [3.63, 3.8) is 0 Å². The number of esters is 1. The van der Waals surface area contributed by atoms with Crippen molar-refractivity contribution in [3.8, 4) is 10.4 Å². The second-order valence-corrected chi connectivity index (χ2v) is 5.68. The minimum absolute atomic E-state index is 0.308. The molecule has 2 nitrogen and oxygen atoms in total. The van der Waals surface area contributed by atoms with Crippen LogP contribution in [0.2, 0.25) is 0 Å². The lowest BCUT2D eigenvalue weighted by atomic mass is 10.1. The second kappa shape index (κ2) is 5.10. The molecule has 3 rings (SSSR count). The van der Waals surface area contributed by atoms with E-state index in [1.165, 1.54) is 12.7 Å². The predicted octanol–water partition coefficient (Wildman–Crippen LogP) is 4.46. The molecule has 0 amide bonds. The van der Waals surface area contributed by atoms with Crippen molar-refractivity contribution < 1.29 is 9.53 Å². The van der Waals surface area contributed by atoms with Crippen LogP contribution >= 0.6 is 11.3 Å². The Balaban J connectivity index is 2.09. The van der Waals surface area contributed by atoms with Gasteiger partial charge in [-0.3, -0.25) is 0 Å². The number of hydrogen-bond acceptors (Lipinski definition) is 3. The van der Waals surface area contributed by atoms with Crippen LogP contribution in [-0.2, 0) is 4.74 Å². The highest BCUT2D eigenvalue weighted by Crippen LogP contribution is 2.33. The van der Waals surface area contributed by atoms with Crippen LogP contribution in [0.15, 0.2) is 42.5 Å². The number of hydrogen-bond donors (Lipinski definition) is 0. The zero-order valence-corrected chi connectivity index (χ0v) is 12.1. The summed E-state index contributed by atoms with van der Waals surface area (Å²) in [7, 11) is 1.39. The van der Waals surface area contributed by atoms with E-state index in [0.717, 1.165) is 20.5 Å². The molecule has 20 heavy (non-hydrogen) atoms. The summed E-state index contributed by atoms with van der Waals surface area (Å²) in [6.45, 7) is 2.08. The lowest BCUT2D eigenvalue weighted by Crippen LogP contribution is -1.99. The maximum atomic E-state index is 11.6. The van der Waals surface area contributed by atoms with Crippen molar-refractivity contribution in [3.05, 3.63) is 59.7 Å². The van der Waals surface area contributed by atoms with E-state index in [9.17, 15) is 4.79 Å². The molecule has 0 aliphatic heterocycles. The highest BCUT2D eigenvalue weighted by atomic mass is 32.1. The Morgan fingerprint density at radius 3 is 2.80 bits per heavy atom. The quantitative estimate of drug-likeness (QED) is 0.648. The molecule has 1 heterocycles. The summed E-state index contributed by atoms with van der Waals surface area (Å²) >= 11 is 1.64. The maximum absolute atomic E-state index is 11.6. The van der Waals surface area contributed by atoms with Gasteiger partial charge in [0, 0.05) is 21.0 Å². The third-order valence-electron chi connectivity index (χ3n) is 3.14. The van der Waals surface area contributed by atoms with Gasteiger partial charge in [-0.05, 0) is 24.6 Å². The van der Waals surface area contributed by atoms with E-state index in [-0.39, 0.29) is 5.97 Å². The van der Waals surface area contributed by atoms with Crippen molar-refractivity contribution >= 4 is 27.4 Å². The third kappa shape index (κ3) is 2.32. The fourth-order valence-electron chi connectivity index (χ4n) is 2.13. The van der Waals surface area contributed by atoms with Crippen LogP contribution in [0.1, 0.15) is 15.9 Å². The van der Waals surface area contributed by atoms with Gasteiger partial charge in [0.15, 0.2) is 0 Å². The number of carbonyl (C=O) groups excluding carboxylic acids is 1. The molecule has 0 saturated heterocycles. The first-order valence-corrected chi connectivity index (χ1v) is 7.10. The monoisotopic (exact) mass is 281 g/mol. The van der Waals surface area contributed by atoms with Gasteiger partial charge in [-0.1, -0.05) is 35.9 Å². The van der Waals surface area contributed by atoms with Crippen LogP contribution in [0.3, 0.4) is 0 Å². The number of ether oxygens (including phenoxy) is 1. The minimum atomic E-state index is -0.308. The van der Waals surface area contributed by atoms with E-state index >= 15 is 0 Å². The highest BCUT2D eigenvalue weighted by molar-refractivity contribution is 7.22. The number of carbonyl (C=O) groups is 1. The summed E-state index contributed by atoms with van der Waals surface area (Å²) < 4.78 is 5.79. The average Bonchev–Trinajstić information content (AvgIpc) is 2.89. The van der Waals surface area contributed by atoms with E-state index in [2.05, 4.69) is 31.2 Å². The Bertz CT molecular complexity index is 787. The first kappa shape index (κ1) is 12.9. The van der Waals surface area contributed by atoms with Crippen LogP contribution in [0, 0.1) is 13.0 Å². The van der Waals surface area contributed by atoms with Gasteiger partial charge in [0.05, 0.1) is 12.7 Å². The van der Waals surface area contributed by atoms with Crippen molar-refractivity contribution in [2.24, 2.45) is 0 Å². The summed E-state index contributed by atoms with van der Waals surface area (Å²) in [5, 5.41) is 1.03. The smallest absolute Gasteiger partial charge is 0.337 e. The molecule has 0 bridgehead atoms. The van der Waals surface area contributed by atoms with Crippen molar-refractivity contribution in [1.29, 1.82) is 0 Å². The molecule has 3 heteroatoms. The minimum Gasteiger partial charge on any atom is -0.465 e. The summed E-state index contributed by atoms with van der Waals surface area (Å²) in [5.74, 6) is -0.308. The fourth-order valence-corrected chi connectivity index (χ4v) is 3.17. The van der Waals surface area contributed by atoms with Crippen molar-refractivity contribution in [2.45, 2.75) is 6.92 Å². The van der Waals surface area contributed by atoms with Gasteiger partial charge in [0.2, 0.25) is 0 Å². The Morgan fingerprint density at radius 1 is 1.20 bits per heavy atom. The SMILES string of the molecule is COC(=O)c1ccc2[c]c(-c3cccc(C)c3)sc2c1. The zero-order chi connectivity index (χ0) is 14.1. The number of aryl methyl sites for hydroxylation is 1. The van der Waals surface area contributed by atoms with E-state index < -0.39 is 0 Å². The van der Waals surface area contributed by atoms with Gasteiger partial charge in [0.25, 0.3) is 0 Å². The molecule has 99 valence electrons.